The van der Waals surface area contributed by atoms with Gasteiger partial charge >= 0.3 is 0 Å². The van der Waals surface area contributed by atoms with Crippen molar-refractivity contribution in [2.24, 2.45) is 0 Å². The Bertz CT molecular complexity index is 1410. The number of phenols is 1. The maximum atomic E-state index is 13.5. The van der Waals surface area contributed by atoms with E-state index in [1.165, 1.54) is 47.4 Å². The van der Waals surface area contributed by atoms with Crippen LogP contribution in [-0.2, 0) is 21.5 Å². The van der Waals surface area contributed by atoms with Gasteiger partial charge in [0.15, 0.2) is 0 Å². The van der Waals surface area contributed by atoms with Crippen LogP contribution in [0.4, 0.5) is 4.39 Å². The molecule has 8 heteroatoms. The molecule has 6 nitrogen and oxygen atoms in total. The minimum absolute atomic E-state index is 0.0132. The lowest BCUT2D eigenvalue weighted by Gasteiger charge is -2.26. The maximum Gasteiger partial charge on any atom is 0.295 e. The summed E-state index contributed by atoms with van der Waals surface area (Å²) in [6, 6.07) is 14.0. The molecule has 1 aliphatic heterocycles. The van der Waals surface area contributed by atoms with Gasteiger partial charge in [0, 0.05) is 17.7 Å². The predicted molar refractivity (Wildman–Crippen MR) is 139 cm³/mol. The monoisotopic (exact) mass is 523 g/mol. The molecule has 2 N–H and O–H groups in total. The number of carbonyl (C=O) groups excluding carboxylic acids is 2. The number of phenolic OH excluding ortho intramolecular Hbond substituents is 1. The first-order chi connectivity index (χ1) is 17.4. The van der Waals surface area contributed by atoms with Gasteiger partial charge in [0.1, 0.15) is 23.1 Å². The van der Waals surface area contributed by atoms with Crippen LogP contribution in [-0.4, -0.2) is 33.9 Å². The van der Waals surface area contributed by atoms with Gasteiger partial charge < -0.3 is 19.8 Å². The van der Waals surface area contributed by atoms with Crippen LogP contribution in [0.3, 0.4) is 0 Å². The van der Waals surface area contributed by atoms with Crippen molar-refractivity contribution in [3.05, 3.63) is 99.3 Å². The lowest BCUT2D eigenvalue weighted by atomic mass is 9.84. The Morgan fingerprint density at radius 3 is 2.32 bits per heavy atom. The molecule has 0 bridgehead atoms. The highest BCUT2D eigenvalue weighted by molar-refractivity contribution is 6.46. The molecular formula is C29H27ClFNO5. The Hall–Kier alpha value is -3.84. The number of aliphatic hydroxyl groups is 1. The second-order valence-corrected chi connectivity index (χ2v) is 10.3. The molecule has 1 fully saturated rings. The van der Waals surface area contributed by atoms with Gasteiger partial charge in [-0.25, -0.2) is 4.39 Å². The number of hydrogen-bond acceptors (Lipinski definition) is 5. The summed E-state index contributed by atoms with van der Waals surface area (Å²) in [4.78, 5) is 27.9. The summed E-state index contributed by atoms with van der Waals surface area (Å²) >= 11 is 6.17. The zero-order valence-electron chi connectivity index (χ0n) is 20.9. The zero-order chi connectivity index (χ0) is 27.1. The molecule has 1 heterocycles. The average Bonchev–Trinajstić information content (AvgIpc) is 3.10. The number of ether oxygens (including phenoxy) is 1. The van der Waals surface area contributed by atoms with E-state index in [0.29, 0.717) is 22.4 Å². The van der Waals surface area contributed by atoms with E-state index in [-0.39, 0.29) is 34.1 Å². The molecule has 3 aromatic rings. The third kappa shape index (κ3) is 5.04. The number of nitrogens with zero attached hydrogens (tertiary/aromatic N) is 1. The van der Waals surface area contributed by atoms with Crippen LogP contribution in [0.1, 0.15) is 49.1 Å². The van der Waals surface area contributed by atoms with E-state index in [9.17, 15) is 24.2 Å². The Morgan fingerprint density at radius 1 is 1.05 bits per heavy atom. The van der Waals surface area contributed by atoms with Crippen molar-refractivity contribution in [1.29, 1.82) is 0 Å². The first-order valence-electron chi connectivity index (χ1n) is 11.6. The number of aliphatic hydroxyl groups excluding tert-OH is 1. The Morgan fingerprint density at radius 2 is 1.73 bits per heavy atom. The van der Waals surface area contributed by atoms with Crippen LogP contribution in [0.15, 0.2) is 66.2 Å². The van der Waals surface area contributed by atoms with Crippen LogP contribution in [0.2, 0.25) is 5.02 Å². The van der Waals surface area contributed by atoms with Crippen molar-refractivity contribution in [3.8, 4) is 11.5 Å². The smallest absolute Gasteiger partial charge is 0.295 e. The standard InChI is InChI=1S/C29H27ClFNO5/c1-29(2,3)20-13-18(8-12-23(20)37-4)26(34)24-25(17-7-11-22(33)21(30)14-17)32(28(36)27(24)35)15-16-5-9-19(31)10-6-16/h5-14,25,33-34H,15H2,1-4H3/b26-24-. The van der Waals surface area contributed by atoms with E-state index in [4.69, 9.17) is 16.3 Å². The van der Waals surface area contributed by atoms with Crippen molar-refractivity contribution in [1.82, 2.24) is 4.90 Å². The number of benzene rings is 3. The number of hydrogen-bond donors (Lipinski definition) is 2. The first kappa shape index (κ1) is 26.2. The Balaban J connectivity index is 1.91. The lowest BCUT2D eigenvalue weighted by molar-refractivity contribution is -0.140. The van der Waals surface area contributed by atoms with E-state index in [2.05, 4.69) is 0 Å². The van der Waals surface area contributed by atoms with Crippen molar-refractivity contribution in [3.63, 3.8) is 0 Å². The van der Waals surface area contributed by atoms with Gasteiger partial charge in [-0.1, -0.05) is 50.6 Å². The van der Waals surface area contributed by atoms with Gasteiger partial charge in [0.2, 0.25) is 0 Å². The van der Waals surface area contributed by atoms with Crippen molar-refractivity contribution in [2.75, 3.05) is 7.11 Å². The predicted octanol–water partition coefficient (Wildman–Crippen LogP) is 6.11. The van der Waals surface area contributed by atoms with Gasteiger partial charge in [-0.3, -0.25) is 9.59 Å². The molecule has 0 radical (unpaired) electrons. The largest absolute Gasteiger partial charge is 0.507 e. The number of aromatic hydroxyl groups is 1. The number of rotatable bonds is 5. The molecule has 0 spiro atoms. The van der Waals surface area contributed by atoms with E-state index in [1.807, 2.05) is 20.8 Å². The van der Waals surface area contributed by atoms with Gasteiger partial charge in [0.05, 0.1) is 23.7 Å². The number of carbonyl (C=O) groups is 2. The molecule has 0 aliphatic carbocycles. The summed E-state index contributed by atoms with van der Waals surface area (Å²) in [6.45, 7) is 5.97. The van der Waals surface area contributed by atoms with Crippen LogP contribution in [0.5, 0.6) is 11.5 Å². The number of ketones is 1. The molecule has 1 atom stereocenters. The van der Waals surface area contributed by atoms with Gasteiger partial charge in [-0.2, -0.15) is 0 Å². The van der Waals surface area contributed by atoms with Crippen LogP contribution in [0.25, 0.3) is 5.76 Å². The third-order valence-corrected chi connectivity index (χ3v) is 6.68. The topological polar surface area (TPSA) is 87.1 Å². The van der Waals surface area contributed by atoms with E-state index >= 15 is 0 Å². The molecule has 192 valence electrons. The first-order valence-corrected chi connectivity index (χ1v) is 12.0. The number of halogens is 2. The minimum atomic E-state index is -0.997. The third-order valence-electron chi connectivity index (χ3n) is 6.37. The molecule has 3 aromatic carbocycles. The molecule has 0 saturated carbocycles. The van der Waals surface area contributed by atoms with E-state index in [0.717, 1.165) is 5.56 Å². The van der Waals surface area contributed by atoms with Crippen molar-refractivity contribution in [2.45, 2.75) is 38.8 Å². The second kappa shape index (κ2) is 9.90. The molecular weight excluding hydrogens is 497 g/mol. The summed E-state index contributed by atoms with van der Waals surface area (Å²) in [6.07, 6.45) is 0. The van der Waals surface area contributed by atoms with Crippen molar-refractivity contribution < 1.29 is 28.9 Å². The summed E-state index contributed by atoms with van der Waals surface area (Å²) in [7, 11) is 1.56. The molecule has 0 aromatic heterocycles. The summed E-state index contributed by atoms with van der Waals surface area (Å²) in [5, 5.41) is 21.4. The SMILES string of the molecule is COc1ccc(/C(O)=C2/C(=O)C(=O)N(Cc3ccc(F)cc3)C2c2ccc(O)c(Cl)c2)cc1C(C)(C)C. The zero-order valence-corrected chi connectivity index (χ0v) is 21.6. The maximum absolute atomic E-state index is 13.5. The fourth-order valence-corrected chi connectivity index (χ4v) is 4.66. The lowest BCUT2D eigenvalue weighted by Crippen LogP contribution is -2.29. The molecule has 1 saturated heterocycles. The number of Topliss-reactive ketones (excluding diaryl/α,β-unsaturated/α-hetero) is 1. The highest BCUT2D eigenvalue weighted by Gasteiger charge is 2.46. The Kier molecular flexibility index (Phi) is 7.02. The van der Waals surface area contributed by atoms with Crippen molar-refractivity contribution >= 4 is 29.1 Å². The molecule has 4 rings (SSSR count). The highest BCUT2D eigenvalue weighted by Crippen LogP contribution is 2.43. The fourth-order valence-electron chi connectivity index (χ4n) is 4.47. The second-order valence-electron chi connectivity index (χ2n) is 9.93. The number of likely N-dealkylation sites (tertiary alicyclic amines) is 1. The van der Waals surface area contributed by atoms with Crippen LogP contribution >= 0.6 is 11.6 Å². The van der Waals surface area contributed by atoms with Gasteiger partial charge in [-0.05, 0) is 59.0 Å². The average molecular weight is 524 g/mol. The van der Waals surface area contributed by atoms with E-state index < -0.39 is 23.5 Å². The fraction of sp³-hybridized carbons (Fsp3) is 0.241. The van der Waals surface area contributed by atoms with E-state index in [1.54, 1.807) is 25.3 Å². The molecule has 1 amide bonds. The van der Waals surface area contributed by atoms with Gasteiger partial charge in [0.25, 0.3) is 11.7 Å². The van der Waals surface area contributed by atoms with Crippen LogP contribution < -0.4 is 4.74 Å². The van der Waals surface area contributed by atoms with Crippen LogP contribution in [0, 0.1) is 5.82 Å². The molecule has 37 heavy (non-hydrogen) atoms. The number of amides is 1. The van der Waals surface area contributed by atoms with Gasteiger partial charge in [-0.15, -0.1) is 0 Å². The minimum Gasteiger partial charge on any atom is -0.507 e. The molecule has 1 aliphatic rings. The quantitative estimate of drug-likeness (QED) is 0.239. The number of methoxy groups -OCH3 is 1. The Labute approximate surface area is 219 Å². The normalized spacial score (nSPS) is 17.4. The summed E-state index contributed by atoms with van der Waals surface area (Å²) in [5.41, 5.74) is 1.73. The highest BCUT2D eigenvalue weighted by atomic mass is 35.5. The summed E-state index contributed by atoms with van der Waals surface area (Å²) in [5.74, 6) is -1.98. The summed E-state index contributed by atoms with van der Waals surface area (Å²) < 4.78 is 19.0. The molecule has 1 unspecified atom stereocenters.